The van der Waals surface area contributed by atoms with E-state index in [1.54, 1.807) is 11.3 Å². The monoisotopic (exact) mass is 267 g/mol. The molecule has 0 N–H and O–H groups in total. The molecule has 0 fully saturated rings. The van der Waals surface area contributed by atoms with Crippen LogP contribution in [0.25, 0.3) is 21.3 Å². The molecule has 19 heavy (non-hydrogen) atoms. The molecule has 0 aliphatic rings. The van der Waals surface area contributed by atoms with Crippen LogP contribution in [0.3, 0.4) is 0 Å². The van der Waals surface area contributed by atoms with Crippen LogP contribution >= 0.6 is 11.3 Å². The summed E-state index contributed by atoms with van der Waals surface area (Å²) in [5.41, 5.74) is 3.77. The van der Waals surface area contributed by atoms with Gasteiger partial charge in [0.2, 0.25) is 0 Å². The number of thiophene rings is 1. The molecule has 2 heteroatoms. The average Bonchev–Trinajstić information content (AvgIpc) is 2.86. The Kier molecular flexibility index (Phi) is 2.90. The largest absolute Gasteiger partial charge is 0.256 e. The Labute approximate surface area is 117 Å². The lowest BCUT2D eigenvalue weighted by Crippen LogP contribution is -2.11. The number of hydrogen-bond acceptors (Lipinski definition) is 2. The highest BCUT2D eigenvalue weighted by molar-refractivity contribution is 7.17. The van der Waals surface area contributed by atoms with Crippen molar-refractivity contribution in [3.05, 3.63) is 53.5 Å². The molecular weight excluding hydrogens is 250 g/mol. The van der Waals surface area contributed by atoms with Gasteiger partial charge >= 0.3 is 0 Å². The van der Waals surface area contributed by atoms with Crippen molar-refractivity contribution in [2.24, 2.45) is 0 Å². The van der Waals surface area contributed by atoms with Gasteiger partial charge in [-0.25, -0.2) is 0 Å². The van der Waals surface area contributed by atoms with Gasteiger partial charge in [0.25, 0.3) is 0 Å². The van der Waals surface area contributed by atoms with E-state index in [0.717, 1.165) is 5.69 Å². The third kappa shape index (κ3) is 2.28. The predicted molar refractivity (Wildman–Crippen MR) is 83.8 cm³/mol. The highest BCUT2D eigenvalue weighted by Crippen LogP contribution is 2.32. The highest BCUT2D eigenvalue weighted by Gasteiger charge is 2.15. The normalized spacial score (nSPS) is 11.9. The first-order valence-electron chi connectivity index (χ1n) is 6.49. The molecule has 96 valence electrons. The van der Waals surface area contributed by atoms with Crippen LogP contribution in [0.2, 0.25) is 0 Å². The summed E-state index contributed by atoms with van der Waals surface area (Å²) in [5, 5.41) is 3.44. The predicted octanol–water partition coefficient (Wildman–Crippen LogP) is 5.26. The van der Waals surface area contributed by atoms with Crippen molar-refractivity contribution in [3.63, 3.8) is 0 Å². The standard InChI is InChI=1S/C17H17NS/c1-17(2,3)12-7-9-18-15(11-12)13-5-4-6-16-14(13)8-10-19-16/h4-11H,1-3H3. The molecule has 2 heterocycles. The first-order chi connectivity index (χ1) is 9.05. The van der Waals surface area contributed by atoms with Gasteiger partial charge in [-0.1, -0.05) is 32.9 Å². The number of hydrogen-bond donors (Lipinski definition) is 0. The van der Waals surface area contributed by atoms with E-state index < -0.39 is 0 Å². The lowest BCUT2D eigenvalue weighted by molar-refractivity contribution is 0.589. The fourth-order valence-electron chi connectivity index (χ4n) is 2.26. The Morgan fingerprint density at radius 3 is 2.68 bits per heavy atom. The van der Waals surface area contributed by atoms with Crippen LogP contribution in [-0.4, -0.2) is 4.98 Å². The number of rotatable bonds is 1. The molecule has 0 aliphatic carbocycles. The second-order valence-electron chi connectivity index (χ2n) is 5.82. The molecule has 0 atom stereocenters. The number of fused-ring (bicyclic) bond motifs is 1. The van der Waals surface area contributed by atoms with Gasteiger partial charge in [0.1, 0.15) is 0 Å². The maximum absolute atomic E-state index is 4.56. The fourth-order valence-corrected chi connectivity index (χ4v) is 3.07. The Balaban J connectivity index is 2.19. The zero-order valence-corrected chi connectivity index (χ0v) is 12.3. The third-order valence-electron chi connectivity index (χ3n) is 3.40. The van der Waals surface area contributed by atoms with Gasteiger partial charge in [-0.3, -0.25) is 4.98 Å². The minimum Gasteiger partial charge on any atom is -0.256 e. The van der Waals surface area contributed by atoms with Crippen LogP contribution in [0.4, 0.5) is 0 Å². The maximum atomic E-state index is 4.56. The van der Waals surface area contributed by atoms with E-state index >= 15 is 0 Å². The minimum atomic E-state index is 0.153. The second kappa shape index (κ2) is 4.46. The van der Waals surface area contributed by atoms with Crippen LogP contribution in [0.5, 0.6) is 0 Å². The molecule has 1 nitrogen and oxygen atoms in total. The molecule has 0 spiro atoms. The molecule has 0 unspecified atom stereocenters. The third-order valence-corrected chi connectivity index (χ3v) is 4.28. The molecule has 0 saturated heterocycles. The number of nitrogens with zero attached hydrogens (tertiary/aromatic N) is 1. The zero-order chi connectivity index (χ0) is 13.5. The van der Waals surface area contributed by atoms with Crippen molar-refractivity contribution in [2.45, 2.75) is 26.2 Å². The van der Waals surface area contributed by atoms with E-state index in [1.165, 1.54) is 21.2 Å². The van der Waals surface area contributed by atoms with Gasteiger partial charge in [-0.05, 0) is 40.6 Å². The van der Waals surface area contributed by atoms with Crippen molar-refractivity contribution >= 4 is 21.4 Å². The first-order valence-corrected chi connectivity index (χ1v) is 7.37. The van der Waals surface area contributed by atoms with Crippen molar-refractivity contribution in [2.75, 3.05) is 0 Å². The highest BCUT2D eigenvalue weighted by atomic mass is 32.1. The Morgan fingerprint density at radius 2 is 1.89 bits per heavy atom. The smallest absolute Gasteiger partial charge is 0.0711 e. The second-order valence-corrected chi connectivity index (χ2v) is 6.77. The number of pyridine rings is 1. The quantitative estimate of drug-likeness (QED) is 0.586. The molecule has 2 aromatic heterocycles. The van der Waals surface area contributed by atoms with E-state index in [9.17, 15) is 0 Å². The van der Waals surface area contributed by atoms with Gasteiger partial charge in [0, 0.05) is 21.8 Å². The number of aromatic nitrogens is 1. The average molecular weight is 267 g/mol. The summed E-state index contributed by atoms with van der Waals surface area (Å²) in [6.45, 7) is 6.70. The molecular formula is C17H17NS. The minimum absolute atomic E-state index is 0.153. The molecule has 0 aliphatic heterocycles. The number of benzene rings is 1. The summed E-state index contributed by atoms with van der Waals surface area (Å²) in [7, 11) is 0. The van der Waals surface area contributed by atoms with Crippen LogP contribution in [0, 0.1) is 0 Å². The van der Waals surface area contributed by atoms with E-state index in [0.29, 0.717) is 0 Å². The van der Waals surface area contributed by atoms with Gasteiger partial charge < -0.3 is 0 Å². The van der Waals surface area contributed by atoms with Crippen molar-refractivity contribution in [1.29, 1.82) is 0 Å². The van der Waals surface area contributed by atoms with E-state index in [2.05, 4.69) is 67.5 Å². The molecule has 0 radical (unpaired) electrons. The maximum Gasteiger partial charge on any atom is 0.0711 e. The van der Waals surface area contributed by atoms with Crippen LogP contribution in [0.15, 0.2) is 48.0 Å². The van der Waals surface area contributed by atoms with E-state index in [4.69, 9.17) is 0 Å². The lowest BCUT2D eigenvalue weighted by Gasteiger charge is -2.19. The summed E-state index contributed by atoms with van der Waals surface area (Å²) in [4.78, 5) is 4.56. The molecule has 0 amide bonds. The molecule has 1 aromatic carbocycles. The van der Waals surface area contributed by atoms with Crippen LogP contribution in [0.1, 0.15) is 26.3 Å². The van der Waals surface area contributed by atoms with E-state index in [-0.39, 0.29) is 5.41 Å². The van der Waals surface area contributed by atoms with Crippen molar-refractivity contribution in [1.82, 2.24) is 4.98 Å². The summed E-state index contributed by atoms with van der Waals surface area (Å²) in [5.74, 6) is 0. The summed E-state index contributed by atoms with van der Waals surface area (Å²) < 4.78 is 1.32. The van der Waals surface area contributed by atoms with Gasteiger partial charge in [0.05, 0.1) is 5.69 Å². The van der Waals surface area contributed by atoms with Crippen molar-refractivity contribution in [3.8, 4) is 11.3 Å². The van der Waals surface area contributed by atoms with E-state index in [1.807, 2.05) is 6.20 Å². The lowest BCUT2D eigenvalue weighted by atomic mass is 9.87. The Morgan fingerprint density at radius 1 is 1.05 bits per heavy atom. The molecule has 0 bridgehead atoms. The van der Waals surface area contributed by atoms with Crippen LogP contribution in [-0.2, 0) is 5.41 Å². The van der Waals surface area contributed by atoms with Gasteiger partial charge in [-0.2, -0.15) is 0 Å². The summed E-state index contributed by atoms with van der Waals surface area (Å²) in [6.07, 6.45) is 1.92. The fraction of sp³-hybridized carbons (Fsp3) is 0.235. The summed E-state index contributed by atoms with van der Waals surface area (Å²) >= 11 is 1.78. The topological polar surface area (TPSA) is 12.9 Å². The van der Waals surface area contributed by atoms with Gasteiger partial charge in [-0.15, -0.1) is 11.3 Å². The van der Waals surface area contributed by atoms with Crippen molar-refractivity contribution < 1.29 is 0 Å². The molecule has 3 rings (SSSR count). The SMILES string of the molecule is CC(C)(C)c1ccnc(-c2cccc3sccc23)c1. The molecule has 0 saturated carbocycles. The van der Waals surface area contributed by atoms with Crippen LogP contribution < -0.4 is 0 Å². The first kappa shape index (κ1) is 12.4. The summed E-state index contributed by atoms with van der Waals surface area (Å²) in [6, 6.07) is 12.9. The zero-order valence-electron chi connectivity index (χ0n) is 11.5. The Hall–Kier alpha value is -1.67. The molecule has 3 aromatic rings. The Bertz CT molecular complexity index is 719. The van der Waals surface area contributed by atoms with Gasteiger partial charge in [0.15, 0.2) is 0 Å².